The number of benzene rings is 2. The van der Waals surface area contributed by atoms with Crippen molar-refractivity contribution in [3.63, 3.8) is 0 Å². The van der Waals surface area contributed by atoms with Crippen LogP contribution in [0, 0.1) is 11.8 Å². The molecule has 0 unspecified atom stereocenters. The predicted molar refractivity (Wildman–Crippen MR) is 102 cm³/mol. The summed E-state index contributed by atoms with van der Waals surface area (Å²) in [5, 5.41) is 0. The number of methoxy groups -OCH3 is 1. The highest BCUT2D eigenvalue weighted by Crippen LogP contribution is 2.40. The molecule has 6 heteroatoms. The monoisotopic (exact) mass is 379 g/mol. The molecule has 2 atom stereocenters. The molecule has 0 N–H and O–H groups in total. The third-order valence-corrected chi connectivity index (χ3v) is 5.43. The van der Waals surface area contributed by atoms with Crippen molar-refractivity contribution in [3.05, 3.63) is 54.1 Å². The lowest BCUT2D eigenvalue weighted by atomic mass is 9.81. The molecule has 0 radical (unpaired) electrons. The average Bonchev–Trinajstić information content (AvgIpc) is 2.99. The predicted octanol–water partition coefficient (Wildman–Crippen LogP) is 3.59. The van der Waals surface area contributed by atoms with Crippen molar-refractivity contribution in [2.75, 3.05) is 12.0 Å². The quantitative estimate of drug-likeness (QED) is 0.461. The van der Waals surface area contributed by atoms with Gasteiger partial charge in [-0.15, -0.1) is 0 Å². The molecular formula is C22H21NO5. The normalized spacial score (nSPS) is 21.4. The van der Waals surface area contributed by atoms with Gasteiger partial charge in [-0.1, -0.05) is 25.0 Å². The van der Waals surface area contributed by atoms with Gasteiger partial charge in [0.05, 0.1) is 30.2 Å². The Balaban J connectivity index is 1.55. The first-order valence-electron chi connectivity index (χ1n) is 9.42. The molecule has 144 valence electrons. The van der Waals surface area contributed by atoms with E-state index in [0.717, 1.165) is 25.7 Å². The summed E-state index contributed by atoms with van der Waals surface area (Å²) in [5.74, 6) is -0.436. The van der Waals surface area contributed by atoms with Crippen LogP contribution in [0.4, 0.5) is 5.69 Å². The average molecular weight is 379 g/mol. The lowest BCUT2D eigenvalue weighted by Gasteiger charge is -2.19. The topological polar surface area (TPSA) is 72.9 Å². The van der Waals surface area contributed by atoms with Gasteiger partial charge < -0.3 is 9.47 Å². The second kappa shape index (κ2) is 7.46. The Hall–Kier alpha value is -3.15. The Morgan fingerprint density at radius 1 is 0.929 bits per heavy atom. The van der Waals surface area contributed by atoms with E-state index in [1.165, 1.54) is 12.0 Å². The summed E-state index contributed by atoms with van der Waals surface area (Å²) in [4.78, 5) is 39.2. The fourth-order valence-corrected chi connectivity index (χ4v) is 4.02. The van der Waals surface area contributed by atoms with Gasteiger partial charge in [-0.2, -0.15) is 0 Å². The number of hydrogen-bond donors (Lipinski definition) is 0. The third kappa shape index (κ3) is 3.26. The molecule has 2 aromatic carbocycles. The zero-order chi connectivity index (χ0) is 19.7. The van der Waals surface area contributed by atoms with Crippen LogP contribution in [0.15, 0.2) is 48.5 Å². The molecule has 2 amide bonds. The van der Waals surface area contributed by atoms with Crippen LogP contribution in [0.5, 0.6) is 11.5 Å². The zero-order valence-corrected chi connectivity index (χ0v) is 15.6. The summed E-state index contributed by atoms with van der Waals surface area (Å²) in [5.41, 5.74) is 0.796. The molecule has 0 bridgehead atoms. The highest BCUT2D eigenvalue weighted by atomic mass is 16.5. The van der Waals surface area contributed by atoms with Crippen LogP contribution in [-0.4, -0.2) is 24.9 Å². The molecule has 2 aromatic rings. The van der Waals surface area contributed by atoms with E-state index >= 15 is 0 Å². The molecule has 28 heavy (non-hydrogen) atoms. The highest BCUT2D eigenvalue weighted by molar-refractivity contribution is 6.22. The van der Waals surface area contributed by atoms with Crippen LogP contribution in [0.2, 0.25) is 0 Å². The summed E-state index contributed by atoms with van der Waals surface area (Å²) >= 11 is 0. The molecule has 0 aromatic heterocycles. The van der Waals surface area contributed by atoms with E-state index in [9.17, 15) is 14.4 Å². The lowest BCUT2D eigenvalue weighted by molar-refractivity contribution is -0.122. The van der Waals surface area contributed by atoms with Crippen LogP contribution in [0.3, 0.4) is 0 Å². The number of ether oxygens (including phenoxy) is 2. The van der Waals surface area contributed by atoms with Crippen LogP contribution in [0.1, 0.15) is 36.0 Å². The summed E-state index contributed by atoms with van der Waals surface area (Å²) in [6.07, 6.45) is 3.48. The Kier molecular flexibility index (Phi) is 4.86. The molecule has 2 aliphatic rings. The minimum Gasteiger partial charge on any atom is -0.497 e. The largest absolute Gasteiger partial charge is 0.497 e. The first-order valence-corrected chi connectivity index (χ1v) is 9.42. The van der Waals surface area contributed by atoms with Gasteiger partial charge in [-0.3, -0.25) is 9.59 Å². The number of nitrogens with zero attached hydrogens (tertiary/aromatic N) is 1. The van der Waals surface area contributed by atoms with E-state index in [1.807, 2.05) is 0 Å². The number of imide groups is 1. The molecule has 1 saturated heterocycles. The van der Waals surface area contributed by atoms with Gasteiger partial charge in [-0.25, -0.2) is 9.69 Å². The van der Waals surface area contributed by atoms with E-state index in [4.69, 9.17) is 9.47 Å². The van der Waals surface area contributed by atoms with Crippen molar-refractivity contribution in [2.45, 2.75) is 25.7 Å². The van der Waals surface area contributed by atoms with Crippen molar-refractivity contribution in [1.29, 1.82) is 0 Å². The second-order valence-corrected chi connectivity index (χ2v) is 7.13. The minimum atomic E-state index is -0.538. The molecule has 6 nitrogen and oxygen atoms in total. The summed E-state index contributed by atoms with van der Waals surface area (Å²) in [7, 11) is 1.52. The molecule has 1 aliphatic heterocycles. The number of anilines is 1. The van der Waals surface area contributed by atoms with E-state index in [-0.39, 0.29) is 29.4 Å². The van der Waals surface area contributed by atoms with Gasteiger partial charge >= 0.3 is 5.97 Å². The van der Waals surface area contributed by atoms with Gasteiger partial charge in [0.2, 0.25) is 11.8 Å². The molecule has 4 rings (SSSR count). The van der Waals surface area contributed by atoms with Gasteiger partial charge in [0, 0.05) is 6.07 Å². The molecular weight excluding hydrogens is 358 g/mol. The Labute approximate surface area is 163 Å². The molecule has 0 spiro atoms. The van der Waals surface area contributed by atoms with Crippen LogP contribution >= 0.6 is 0 Å². The SMILES string of the molecule is COc1cccc(C(=O)Oc2cccc(N3C(=O)[C@@H]4CCCC[C@H]4C3=O)c2)c1. The first-order chi connectivity index (χ1) is 13.6. The van der Waals surface area contributed by atoms with E-state index in [2.05, 4.69) is 0 Å². The fourth-order valence-electron chi connectivity index (χ4n) is 4.02. The third-order valence-electron chi connectivity index (χ3n) is 5.43. The van der Waals surface area contributed by atoms with Crippen molar-refractivity contribution in [3.8, 4) is 11.5 Å². The number of carbonyl (C=O) groups is 3. The molecule has 2 fully saturated rings. The fraction of sp³-hybridized carbons (Fsp3) is 0.318. The number of rotatable bonds is 4. The van der Waals surface area contributed by atoms with Crippen molar-refractivity contribution >= 4 is 23.5 Å². The summed E-state index contributed by atoms with van der Waals surface area (Å²) < 4.78 is 10.6. The Bertz CT molecular complexity index is 914. The number of carbonyl (C=O) groups excluding carboxylic acids is 3. The van der Waals surface area contributed by atoms with Crippen LogP contribution < -0.4 is 14.4 Å². The highest BCUT2D eigenvalue weighted by Gasteiger charge is 2.48. The van der Waals surface area contributed by atoms with Gasteiger partial charge in [0.1, 0.15) is 11.5 Å². The van der Waals surface area contributed by atoms with Crippen LogP contribution in [-0.2, 0) is 9.59 Å². The maximum atomic E-state index is 12.8. The van der Waals surface area contributed by atoms with E-state index in [1.54, 1.807) is 48.5 Å². The maximum Gasteiger partial charge on any atom is 0.343 e. The van der Waals surface area contributed by atoms with Gasteiger partial charge in [0.15, 0.2) is 0 Å². The molecule has 1 aliphatic carbocycles. The van der Waals surface area contributed by atoms with Crippen molar-refractivity contribution in [1.82, 2.24) is 0 Å². The summed E-state index contributed by atoms with van der Waals surface area (Å²) in [6, 6.07) is 13.2. The summed E-state index contributed by atoms with van der Waals surface area (Å²) in [6.45, 7) is 0. The number of hydrogen-bond acceptors (Lipinski definition) is 5. The second-order valence-electron chi connectivity index (χ2n) is 7.13. The Morgan fingerprint density at radius 2 is 1.57 bits per heavy atom. The van der Waals surface area contributed by atoms with Gasteiger partial charge in [0.25, 0.3) is 0 Å². The van der Waals surface area contributed by atoms with E-state index in [0.29, 0.717) is 17.0 Å². The maximum absolute atomic E-state index is 12.8. The Morgan fingerprint density at radius 3 is 2.25 bits per heavy atom. The first kappa shape index (κ1) is 18.2. The van der Waals surface area contributed by atoms with Crippen LogP contribution in [0.25, 0.3) is 0 Å². The minimum absolute atomic E-state index is 0.147. The smallest absolute Gasteiger partial charge is 0.343 e. The molecule has 1 heterocycles. The van der Waals surface area contributed by atoms with E-state index < -0.39 is 5.97 Å². The standard InChI is InChI=1S/C22H21NO5/c1-27-16-8-4-6-14(12-16)22(26)28-17-9-5-7-15(13-17)23-20(24)18-10-2-3-11-19(18)21(23)25/h4-9,12-13,18-19H,2-3,10-11H2,1H3/t18-,19-/m1/s1. The van der Waals surface area contributed by atoms with Gasteiger partial charge in [-0.05, 0) is 43.2 Å². The number of amides is 2. The number of fused-ring (bicyclic) bond motifs is 1. The molecule has 1 saturated carbocycles. The lowest BCUT2D eigenvalue weighted by Crippen LogP contribution is -2.30. The van der Waals surface area contributed by atoms with Crippen molar-refractivity contribution < 1.29 is 23.9 Å². The van der Waals surface area contributed by atoms with Crippen molar-refractivity contribution in [2.24, 2.45) is 11.8 Å². The number of esters is 1. The zero-order valence-electron chi connectivity index (χ0n) is 15.6.